The van der Waals surface area contributed by atoms with E-state index in [0.29, 0.717) is 0 Å². The molecule has 2 nitrogen and oxygen atoms in total. The molecule has 0 unspecified atom stereocenters. The lowest BCUT2D eigenvalue weighted by atomic mass is 10.1. The van der Waals surface area contributed by atoms with Crippen molar-refractivity contribution in [1.29, 1.82) is 0 Å². The predicted octanol–water partition coefficient (Wildman–Crippen LogP) is 3.12. The standard InChI is InChI=1S/C15H26N2/c1-4-5-6-11-17(3)15-8-7-14(9-10-16)12-13(15)2/h7-8,12H,4-6,9-11,16H2,1-3H3. The number of hydrogen-bond acceptors (Lipinski definition) is 2. The molecule has 1 aromatic carbocycles. The van der Waals surface area contributed by atoms with Gasteiger partial charge in [0.2, 0.25) is 0 Å². The molecule has 1 aromatic rings. The summed E-state index contributed by atoms with van der Waals surface area (Å²) in [5, 5.41) is 0. The van der Waals surface area contributed by atoms with E-state index in [9.17, 15) is 0 Å². The first-order valence-electron chi connectivity index (χ1n) is 6.69. The lowest BCUT2D eigenvalue weighted by Gasteiger charge is -2.22. The molecule has 0 saturated carbocycles. The largest absolute Gasteiger partial charge is 0.374 e. The van der Waals surface area contributed by atoms with Crippen molar-refractivity contribution in [2.75, 3.05) is 25.0 Å². The van der Waals surface area contributed by atoms with E-state index in [1.165, 1.54) is 36.1 Å². The quantitative estimate of drug-likeness (QED) is 0.734. The molecule has 0 aliphatic rings. The maximum atomic E-state index is 5.58. The summed E-state index contributed by atoms with van der Waals surface area (Å²) in [6.45, 7) is 6.30. The predicted molar refractivity (Wildman–Crippen MR) is 76.7 cm³/mol. The maximum absolute atomic E-state index is 5.58. The Bertz CT molecular complexity index is 334. The number of nitrogens with zero attached hydrogens (tertiary/aromatic N) is 1. The third-order valence-corrected chi connectivity index (χ3v) is 3.20. The van der Waals surface area contributed by atoms with Crippen LogP contribution in [0.3, 0.4) is 0 Å². The maximum Gasteiger partial charge on any atom is 0.0393 e. The fraction of sp³-hybridized carbons (Fsp3) is 0.600. The fourth-order valence-electron chi connectivity index (χ4n) is 2.19. The Morgan fingerprint density at radius 1 is 1.24 bits per heavy atom. The minimum atomic E-state index is 0.727. The minimum Gasteiger partial charge on any atom is -0.374 e. The molecule has 96 valence electrons. The van der Waals surface area contributed by atoms with Crippen molar-refractivity contribution in [2.24, 2.45) is 5.73 Å². The number of anilines is 1. The van der Waals surface area contributed by atoms with E-state index in [-0.39, 0.29) is 0 Å². The van der Waals surface area contributed by atoms with Gasteiger partial charge in [-0.2, -0.15) is 0 Å². The van der Waals surface area contributed by atoms with Crippen molar-refractivity contribution in [2.45, 2.75) is 39.5 Å². The molecule has 17 heavy (non-hydrogen) atoms. The summed E-state index contributed by atoms with van der Waals surface area (Å²) in [4.78, 5) is 2.36. The van der Waals surface area contributed by atoms with Crippen LogP contribution in [0.15, 0.2) is 18.2 Å². The van der Waals surface area contributed by atoms with E-state index in [4.69, 9.17) is 5.73 Å². The van der Waals surface area contributed by atoms with Crippen LogP contribution in [0.2, 0.25) is 0 Å². The molecule has 0 heterocycles. The molecule has 0 aliphatic carbocycles. The lowest BCUT2D eigenvalue weighted by Crippen LogP contribution is -2.19. The van der Waals surface area contributed by atoms with Crippen molar-refractivity contribution in [1.82, 2.24) is 0 Å². The normalized spacial score (nSPS) is 10.6. The van der Waals surface area contributed by atoms with Gasteiger partial charge in [0, 0.05) is 19.3 Å². The van der Waals surface area contributed by atoms with Crippen molar-refractivity contribution >= 4 is 5.69 Å². The van der Waals surface area contributed by atoms with Gasteiger partial charge < -0.3 is 10.6 Å². The van der Waals surface area contributed by atoms with E-state index >= 15 is 0 Å². The second-order valence-corrected chi connectivity index (χ2v) is 4.79. The number of rotatable bonds is 7. The van der Waals surface area contributed by atoms with Crippen molar-refractivity contribution in [3.63, 3.8) is 0 Å². The molecule has 0 fully saturated rings. The van der Waals surface area contributed by atoms with Gasteiger partial charge in [0.25, 0.3) is 0 Å². The zero-order valence-corrected chi connectivity index (χ0v) is 11.5. The molecular weight excluding hydrogens is 208 g/mol. The summed E-state index contributed by atoms with van der Waals surface area (Å²) in [5.41, 5.74) is 9.63. The Hall–Kier alpha value is -1.02. The van der Waals surface area contributed by atoms with Crippen LogP contribution in [0, 0.1) is 6.92 Å². The van der Waals surface area contributed by atoms with E-state index in [0.717, 1.165) is 19.5 Å². The number of nitrogens with two attached hydrogens (primary N) is 1. The van der Waals surface area contributed by atoms with Crippen LogP contribution in [-0.4, -0.2) is 20.1 Å². The molecular formula is C15H26N2. The second-order valence-electron chi connectivity index (χ2n) is 4.79. The van der Waals surface area contributed by atoms with Gasteiger partial charge in [-0.3, -0.25) is 0 Å². The average molecular weight is 234 g/mol. The highest BCUT2D eigenvalue weighted by molar-refractivity contribution is 5.53. The van der Waals surface area contributed by atoms with Gasteiger partial charge in [0.1, 0.15) is 0 Å². The van der Waals surface area contributed by atoms with Gasteiger partial charge in [-0.05, 0) is 43.5 Å². The van der Waals surface area contributed by atoms with E-state index < -0.39 is 0 Å². The average Bonchev–Trinajstić information content (AvgIpc) is 2.29. The van der Waals surface area contributed by atoms with Crippen molar-refractivity contribution < 1.29 is 0 Å². The molecule has 2 N–H and O–H groups in total. The summed E-state index contributed by atoms with van der Waals surface area (Å²) in [6, 6.07) is 6.69. The van der Waals surface area contributed by atoms with Gasteiger partial charge in [-0.25, -0.2) is 0 Å². The zero-order valence-electron chi connectivity index (χ0n) is 11.5. The molecule has 0 radical (unpaired) electrons. The summed E-state index contributed by atoms with van der Waals surface area (Å²) >= 11 is 0. The Morgan fingerprint density at radius 2 is 2.00 bits per heavy atom. The molecule has 0 aliphatic heterocycles. The van der Waals surface area contributed by atoms with Gasteiger partial charge in [0.15, 0.2) is 0 Å². The van der Waals surface area contributed by atoms with Crippen LogP contribution in [-0.2, 0) is 6.42 Å². The Morgan fingerprint density at radius 3 is 2.59 bits per heavy atom. The molecule has 0 spiro atoms. The van der Waals surface area contributed by atoms with Crippen molar-refractivity contribution in [3.05, 3.63) is 29.3 Å². The van der Waals surface area contributed by atoms with Crippen LogP contribution >= 0.6 is 0 Å². The van der Waals surface area contributed by atoms with Crippen LogP contribution in [0.25, 0.3) is 0 Å². The zero-order chi connectivity index (χ0) is 12.7. The number of aryl methyl sites for hydroxylation is 1. The van der Waals surface area contributed by atoms with Crippen LogP contribution in [0.1, 0.15) is 37.3 Å². The molecule has 0 aromatic heterocycles. The van der Waals surface area contributed by atoms with Crippen LogP contribution in [0.4, 0.5) is 5.69 Å². The topological polar surface area (TPSA) is 29.3 Å². The minimum absolute atomic E-state index is 0.727. The highest BCUT2D eigenvalue weighted by Gasteiger charge is 2.04. The van der Waals surface area contributed by atoms with Gasteiger partial charge in [0.05, 0.1) is 0 Å². The summed E-state index contributed by atoms with van der Waals surface area (Å²) in [5.74, 6) is 0. The summed E-state index contributed by atoms with van der Waals surface area (Å²) < 4.78 is 0. The third-order valence-electron chi connectivity index (χ3n) is 3.20. The van der Waals surface area contributed by atoms with Crippen LogP contribution < -0.4 is 10.6 Å². The molecule has 1 rings (SSSR count). The first-order valence-corrected chi connectivity index (χ1v) is 6.69. The molecule has 0 amide bonds. The molecule has 0 bridgehead atoms. The molecule has 0 saturated heterocycles. The van der Waals surface area contributed by atoms with Crippen LogP contribution in [0.5, 0.6) is 0 Å². The number of unbranched alkanes of at least 4 members (excludes halogenated alkanes) is 2. The lowest BCUT2D eigenvalue weighted by molar-refractivity contribution is 0.704. The van der Waals surface area contributed by atoms with Gasteiger partial charge in [-0.15, -0.1) is 0 Å². The summed E-state index contributed by atoms with van der Waals surface area (Å²) in [7, 11) is 2.18. The third kappa shape index (κ3) is 4.39. The Kier molecular flexibility index (Phi) is 6.06. The summed E-state index contributed by atoms with van der Waals surface area (Å²) in [6.07, 6.45) is 4.84. The van der Waals surface area contributed by atoms with E-state index in [1.807, 2.05) is 0 Å². The Labute approximate surface area is 106 Å². The smallest absolute Gasteiger partial charge is 0.0393 e. The number of hydrogen-bond donors (Lipinski definition) is 1. The first kappa shape index (κ1) is 14.0. The van der Waals surface area contributed by atoms with E-state index in [2.05, 4.69) is 44.0 Å². The van der Waals surface area contributed by atoms with Gasteiger partial charge in [-0.1, -0.05) is 31.9 Å². The van der Waals surface area contributed by atoms with E-state index in [1.54, 1.807) is 0 Å². The highest BCUT2D eigenvalue weighted by Crippen LogP contribution is 2.20. The number of benzene rings is 1. The second kappa shape index (κ2) is 7.33. The fourth-order valence-corrected chi connectivity index (χ4v) is 2.19. The van der Waals surface area contributed by atoms with Crippen molar-refractivity contribution in [3.8, 4) is 0 Å². The Balaban J connectivity index is 2.63. The molecule has 0 atom stereocenters. The highest BCUT2D eigenvalue weighted by atomic mass is 15.1. The monoisotopic (exact) mass is 234 g/mol. The molecule has 2 heteroatoms. The first-order chi connectivity index (χ1) is 8.19. The SMILES string of the molecule is CCCCCN(C)c1ccc(CCN)cc1C. The van der Waals surface area contributed by atoms with Gasteiger partial charge >= 0.3 is 0 Å².